The zero-order chi connectivity index (χ0) is 13.3. The molecule has 6 heteroatoms. The van der Waals surface area contributed by atoms with Gasteiger partial charge in [-0.25, -0.2) is 4.79 Å². The Morgan fingerprint density at radius 3 is 2.63 bits per heavy atom. The van der Waals surface area contributed by atoms with Crippen molar-refractivity contribution in [2.24, 2.45) is 5.92 Å². The van der Waals surface area contributed by atoms with Gasteiger partial charge in [-0.15, -0.1) is 0 Å². The van der Waals surface area contributed by atoms with Crippen molar-refractivity contribution in [1.82, 2.24) is 20.9 Å². The number of amides is 3. The van der Waals surface area contributed by atoms with Crippen molar-refractivity contribution in [1.29, 1.82) is 0 Å². The lowest BCUT2D eigenvalue weighted by Crippen LogP contribution is -2.54. The van der Waals surface area contributed by atoms with E-state index in [0.29, 0.717) is 25.3 Å². The molecule has 3 amide bonds. The standard InChI is InChI=1S/C13H22N4O2/c18-11-13(3-6-14-7-4-13)16-12(19)17(11)9-10-2-1-5-15-8-10/h10,14-15H,1-9H2,(H,16,19). The van der Waals surface area contributed by atoms with Crippen LogP contribution in [-0.4, -0.2) is 55.1 Å². The maximum absolute atomic E-state index is 12.6. The number of hydrogen-bond donors (Lipinski definition) is 3. The second kappa shape index (κ2) is 5.09. The highest BCUT2D eigenvalue weighted by Gasteiger charge is 2.51. The summed E-state index contributed by atoms with van der Waals surface area (Å²) in [4.78, 5) is 26.1. The van der Waals surface area contributed by atoms with Crippen LogP contribution in [0.4, 0.5) is 4.79 Å². The summed E-state index contributed by atoms with van der Waals surface area (Å²) < 4.78 is 0. The van der Waals surface area contributed by atoms with Gasteiger partial charge in [-0.1, -0.05) is 0 Å². The molecule has 0 radical (unpaired) electrons. The number of nitrogens with zero attached hydrogens (tertiary/aromatic N) is 1. The summed E-state index contributed by atoms with van der Waals surface area (Å²) in [7, 11) is 0. The van der Waals surface area contributed by atoms with Crippen LogP contribution in [-0.2, 0) is 4.79 Å². The van der Waals surface area contributed by atoms with E-state index in [1.807, 2.05) is 0 Å². The highest BCUT2D eigenvalue weighted by Crippen LogP contribution is 2.28. The van der Waals surface area contributed by atoms with Crippen LogP contribution in [0.5, 0.6) is 0 Å². The predicted octanol–water partition coefficient (Wildman–Crippen LogP) is -0.340. The molecule has 19 heavy (non-hydrogen) atoms. The number of piperidine rings is 2. The summed E-state index contributed by atoms with van der Waals surface area (Å²) in [5.74, 6) is 0.393. The lowest BCUT2D eigenvalue weighted by molar-refractivity contribution is -0.132. The average molecular weight is 266 g/mol. The van der Waals surface area contributed by atoms with E-state index >= 15 is 0 Å². The molecule has 6 nitrogen and oxygen atoms in total. The van der Waals surface area contributed by atoms with Gasteiger partial charge >= 0.3 is 6.03 Å². The molecule has 3 saturated heterocycles. The minimum atomic E-state index is -0.621. The minimum absolute atomic E-state index is 0.00965. The minimum Gasteiger partial charge on any atom is -0.323 e. The fraction of sp³-hybridized carbons (Fsp3) is 0.846. The van der Waals surface area contributed by atoms with Crippen LogP contribution < -0.4 is 16.0 Å². The Morgan fingerprint density at radius 2 is 1.95 bits per heavy atom. The van der Waals surface area contributed by atoms with Crippen molar-refractivity contribution in [3.63, 3.8) is 0 Å². The van der Waals surface area contributed by atoms with Gasteiger partial charge in [0.15, 0.2) is 0 Å². The average Bonchev–Trinajstić information content (AvgIpc) is 2.66. The molecule has 0 aromatic rings. The summed E-state index contributed by atoms with van der Waals surface area (Å²) in [5.41, 5.74) is -0.621. The first-order valence-corrected chi connectivity index (χ1v) is 7.27. The van der Waals surface area contributed by atoms with Crippen LogP contribution in [0.25, 0.3) is 0 Å². The molecule has 0 aliphatic carbocycles. The van der Waals surface area contributed by atoms with Gasteiger partial charge in [-0.2, -0.15) is 0 Å². The van der Waals surface area contributed by atoms with E-state index in [4.69, 9.17) is 0 Å². The van der Waals surface area contributed by atoms with Gasteiger partial charge in [-0.3, -0.25) is 9.69 Å². The van der Waals surface area contributed by atoms with E-state index in [1.54, 1.807) is 0 Å². The number of nitrogens with one attached hydrogen (secondary N) is 3. The first-order chi connectivity index (χ1) is 9.21. The van der Waals surface area contributed by atoms with Crippen LogP contribution in [0.1, 0.15) is 25.7 Å². The summed E-state index contributed by atoms with van der Waals surface area (Å²) >= 11 is 0. The molecule has 1 spiro atoms. The molecule has 3 N–H and O–H groups in total. The van der Waals surface area contributed by atoms with Crippen LogP contribution in [0, 0.1) is 5.92 Å². The summed E-state index contributed by atoms with van der Waals surface area (Å²) in [6, 6.07) is -0.197. The molecule has 3 rings (SSSR count). The van der Waals surface area contributed by atoms with E-state index in [2.05, 4.69) is 16.0 Å². The highest BCUT2D eigenvalue weighted by atomic mass is 16.2. The molecule has 0 bridgehead atoms. The molecule has 106 valence electrons. The Balaban J connectivity index is 1.68. The normalized spacial score (nSPS) is 30.7. The molecule has 0 saturated carbocycles. The second-order valence-corrected chi connectivity index (χ2v) is 5.89. The molecular weight excluding hydrogens is 244 g/mol. The molecule has 3 aliphatic heterocycles. The maximum atomic E-state index is 12.6. The monoisotopic (exact) mass is 266 g/mol. The van der Waals surface area contributed by atoms with Crippen molar-refractivity contribution < 1.29 is 9.59 Å². The number of urea groups is 1. The number of carbonyl (C=O) groups is 2. The Bertz CT molecular complexity index is 373. The van der Waals surface area contributed by atoms with Gasteiger partial charge in [0.2, 0.25) is 0 Å². The number of rotatable bonds is 2. The first kappa shape index (κ1) is 12.9. The Hall–Kier alpha value is -1.14. The van der Waals surface area contributed by atoms with Crippen molar-refractivity contribution in [3.8, 4) is 0 Å². The van der Waals surface area contributed by atoms with Crippen LogP contribution >= 0.6 is 0 Å². The summed E-state index contributed by atoms with van der Waals surface area (Å²) in [5, 5.41) is 9.50. The Labute approximate surface area is 113 Å². The Morgan fingerprint density at radius 1 is 1.16 bits per heavy atom. The van der Waals surface area contributed by atoms with E-state index in [1.165, 1.54) is 4.90 Å². The van der Waals surface area contributed by atoms with Crippen LogP contribution in [0.3, 0.4) is 0 Å². The molecule has 3 aliphatic rings. The largest absolute Gasteiger partial charge is 0.325 e. The third-order valence-corrected chi connectivity index (χ3v) is 4.54. The zero-order valence-electron chi connectivity index (χ0n) is 11.2. The Kier molecular flexibility index (Phi) is 3.45. The van der Waals surface area contributed by atoms with Crippen molar-refractivity contribution in [3.05, 3.63) is 0 Å². The first-order valence-electron chi connectivity index (χ1n) is 7.27. The SMILES string of the molecule is O=C1NC2(CCNCC2)C(=O)N1CC1CCCNC1. The highest BCUT2D eigenvalue weighted by molar-refractivity contribution is 6.07. The lowest BCUT2D eigenvalue weighted by atomic mass is 9.88. The van der Waals surface area contributed by atoms with E-state index in [0.717, 1.165) is 39.0 Å². The third kappa shape index (κ3) is 2.34. The fourth-order valence-electron chi connectivity index (χ4n) is 3.37. The second-order valence-electron chi connectivity index (χ2n) is 5.89. The van der Waals surface area contributed by atoms with Crippen molar-refractivity contribution in [2.75, 3.05) is 32.7 Å². The number of hydrogen-bond acceptors (Lipinski definition) is 4. The lowest BCUT2D eigenvalue weighted by Gasteiger charge is -2.31. The van der Waals surface area contributed by atoms with Gasteiger partial charge in [0.1, 0.15) is 5.54 Å². The molecule has 1 unspecified atom stereocenters. The molecular formula is C13H22N4O2. The number of carbonyl (C=O) groups excluding carboxylic acids is 2. The molecule has 3 fully saturated rings. The molecule has 1 atom stereocenters. The van der Waals surface area contributed by atoms with Crippen LogP contribution in [0.2, 0.25) is 0 Å². The van der Waals surface area contributed by atoms with E-state index < -0.39 is 5.54 Å². The molecule has 0 aromatic heterocycles. The van der Waals surface area contributed by atoms with Gasteiger partial charge in [0, 0.05) is 6.54 Å². The molecule has 0 aromatic carbocycles. The van der Waals surface area contributed by atoms with E-state index in [-0.39, 0.29) is 11.9 Å². The summed E-state index contributed by atoms with van der Waals surface area (Å²) in [6.45, 7) is 4.11. The topological polar surface area (TPSA) is 73.5 Å². The van der Waals surface area contributed by atoms with Gasteiger partial charge < -0.3 is 16.0 Å². The third-order valence-electron chi connectivity index (χ3n) is 4.54. The fourth-order valence-corrected chi connectivity index (χ4v) is 3.37. The van der Waals surface area contributed by atoms with E-state index in [9.17, 15) is 9.59 Å². The quantitative estimate of drug-likeness (QED) is 0.598. The van der Waals surface area contributed by atoms with Crippen molar-refractivity contribution >= 4 is 11.9 Å². The maximum Gasteiger partial charge on any atom is 0.325 e. The van der Waals surface area contributed by atoms with Crippen molar-refractivity contribution in [2.45, 2.75) is 31.2 Å². The molecule has 3 heterocycles. The smallest absolute Gasteiger partial charge is 0.323 e. The number of imide groups is 1. The predicted molar refractivity (Wildman–Crippen MR) is 70.7 cm³/mol. The van der Waals surface area contributed by atoms with Gasteiger partial charge in [0.05, 0.1) is 0 Å². The van der Waals surface area contributed by atoms with Gasteiger partial charge in [-0.05, 0) is 57.8 Å². The van der Waals surface area contributed by atoms with Crippen LogP contribution in [0.15, 0.2) is 0 Å². The zero-order valence-corrected chi connectivity index (χ0v) is 11.2. The van der Waals surface area contributed by atoms with Gasteiger partial charge in [0.25, 0.3) is 5.91 Å². The summed E-state index contributed by atoms with van der Waals surface area (Å²) in [6.07, 6.45) is 3.63.